The summed E-state index contributed by atoms with van der Waals surface area (Å²) in [5, 5.41) is 8.62. The van der Waals surface area contributed by atoms with Crippen molar-refractivity contribution in [2.75, 3.05) is 6.61 Å². The second kappa shape index (κ2) is 6.36. The van der Waals surface area contributed by atoms with Gasteiger partial charge in [-0.15, -0.1) is 0 Å². The van der Waals surface area contributed by atoms with Crippen molar-refractivity contribution in [3.8, 4) is 11.8 Å². The molecule has 1 aromatic carbocycles. The smallest absolute Gasteiger partial charge is 0.229 e. The second-order valence-corrected chi connectivity index (χ2v) is 5.04. The fourth-order valence-corrected chi connectivity index (χ4v) is 2.22. The lowest BCUT2D eigenvalue weighted by molar-refractivity contribution is -0.150. The minimum atomic E-state index is -0.170. The maximum absolute atomic E-state index is 11.9. The molecule has 0 saturated carbocycles. The van der Waals surface area contributed by atoms with Gasteiger partial charge in [0.25, 0.3) is 0 Å². The first-order chi connectivity index (χ1) is 9.60. The number of piperidine rings is 1. The molecule has 0 aromatic heterocycles. The van der Waals surface area contributed by atoms with E-state index in [-0.39, 0.29) is 24.3 Å². The van der Waals surface area contributed by atoms with Crippen LogP contribution in [0.3, 0.4) is 0 Å². The van der Waals surface area contributed by atoms with Crippen molar-refractivity contribution < 1.29 is 14.7 Å². The molecule has 1 aromatic rings. The van der Waals surface area contributed by atoms with E-state index < -0.39 is 0 Å². The first kappa shape index (κ1) is 14.3. The molecule has 20 heavy (non-hydrogen) atoms. The van der Waals surface area contributed by atoms with E-state index >= 15 is 0 Å². The van der Waals surface area contributed by atoms with Crippen LogP contribution in [0.25, 0.3) is 0 Å². The average molecular weight is 271 g/mol. The molecule has 1 fully saturated rings. The summed E-state index contributed by atoms with van der Waals surface area (Å²) >= 11 is 0. The van der Waals surface area contributed by atoms with Crippen molar-refractivity contribution in [3.63, 3.8) is 0 Å². The van der Waals surface area contributed by atoms with Crippen LogP contribution in [-0.4, -0.2) is 28.4 Å². The Morgan fingerprint density at radius 1 is 1.20 bits per heavy atom. The number of likely N-dealkylation sites (tertiary alicyclic amines) is 1. The zero-order chi connectivity index (χ0) is 14.5. The number of hydrogen-bond acceptors (Lipinski definition) is 3. The fraction of sp³-hybridized carbons (Fsp3) is 0.375. The number of benzene rings is 1. The van der Waals surface area contributed by atoms with E-state index in [2.05, 4.69) is 11.8 Å². The summed E-state index contributed by atoms with van der Waals surface area (Å²) in [6, 6.07) is 7.33. The van der Waals surface area contributed by atoms with Gasteiger partial charge in [-0.2, -0.15) is 0 Å². The van der Waals surface area contributed by atoms with Crippen molar-refractivity contribution in [2.24, 2.45) is 5.92 Å². The van der Waals surface area contributed by atoms with Crippen molar-refractivity contribution >= 4 is 11.8 Å². The molecule has 0 bridgehead atoms. The molecule has 0 radical (unpaired) electrons. The lowest BCUT2D eigenvalue weighted by atomic mass is 9.97. The Kier molecular flexibility index (Phi) is 4.54. The largest absolute Gasteiger partial charge is 0.384 e. The van der Waals surface area contributed by atoms with E-state index in [1.807, 2.05) is 31.2 Å². The second-order valence-electron chi connectivity index (χ2n) is 5.04. The third-order valence-corrected chi connectivity index (χ3v) is 3.25. The summed E-state index contributed by atoms with van der Waals surface area (Å²) in [5.74, 6) is 5.32. The van der Waals surface area contributed by atoms with Crippen LogP contribution >= 0.6 is 0 Å². The topological polar surface area (TPSA) is 57.6 Å². The number of nitrogens with zero attached hydrogens (tertiary/aromatic N) is 1. The number of carbonyl (C=O) groups is 2. The van der Waals surface area contributed by atoms with Gasteiger partial charge in [0.1, 0.15) is 6.61 Å². The van der Waals surface area contributed by atoms with Crippen LogP contribution in [-0.2, 0) is 16.1 Å². The molecule has 4 nitrogen and oxygen atoms in total. The lowest BCUT2D eigenvalue weighted by Gasteiger charge is -2.28. The van der Waals surface area contributed by atoms with Gasteiger partial charge in [0, 0.05) is 18.4 Å². The monoisotopic (exact) mass is 271 g/mol. The van der Waals surface area contributed by atoms with Gasteiger partial charge in [0.2, 0.25) is 11.8 Å². The molecule has 0 atom stereocenters. The number of rotatable bonds is 2. The predicted molar refractivity (Wildman–Crippen MR) is 74.4 cm³/mol. The van der Waals surface area contributed by atoms with Crippen LogP contribution in [0.4, 0.5) is 0 Å². The molecule has 1 aliphatic rings. The zero-order valence-electron chi connectivity index (χ0n) is 11.4. The van der Waals surface area contributed by atoms with E-state index in [1.54, 1.807) is 0 Å². The van der Waals surface area contributed by atoms with E-state index in [0.717, 1.165) is 11.1 Å². The maximum Gasteiger partial charge on any atom is 0.229 e. The Morgan fingerprint density at radius 3 is 2.35 bits per heavy atom. The van der Waals surface area contributed by atoms with Crippen molar-refractivity contribution in [3.05, 3.63) is 35.4 Å². The first-order valence-electron chi connectivity index (χ1n) is 6.62. The maximum atomic E-state index is 11.9. The highest BCUT2D eigenvalue weighted by Crippen LogP contribution is 2.20. The Morgan fingerprint density at radius 2 is 1.80 bits per heavy atom. The fourth-order valence-electron chi connectivity index (χ4n) is 2.22. The Labute approximate surface area is 118 Å². The summed E-state index contributed by atoms with van der Waals surface area (Å²) in [4.78, 5) is 25.1. The molecule has 0 spiro atoms. The highest BCUT2D eigenvalue weighted by Gasteiger charge is 2.29. The number of aliphatic hydroxyl groups is 1. The lowest BCUT2D eigenvalue weighted by Crippen LogP contribution is -2.42. The van der Waals surface area contributed by atoms with Gasteiger partial charge in [0.05, 0.1) is 6.54 Å². The van der Waals surface area contributed by atoms with Crippen LogP contribution < -0.4 is 0 Å². The van der Waals surface area contributed by atoms with Gasteiger partial charge in [-0.1, -0.05) is 30.9 Å². The van der Waals surface area contributed by atoms with Crippen molar-refractivity contribution in [2.45, 2.75) is 26.3 Å². The Balaban J connectivity index is 2.06. The number of hydrogen-bond donors (Lipinski definition) is 1. The molecule has 104 valence electrons. The normalized spacial score (nSPS) is 16.0. The highest BCUT2D eigenvalue weighted by atomic mass is 16.2. The van der Waals surface area contributed by atoms with Crippen LogP contribution in [0.5, 0.6) is 0 Å². The highest BCUT2D eigenvalue weighted by molar-refractivity contribution is 5.97. The molecule has 1 heterocycles. The Hall–Kier alpha value is -2.12. The van der Waals surface area contributed by atoms with Gasteiger partial charge in [-0.3, -0.25) is 14.5 Å². The first-order valence-corrected chi connectivity index (χ1v) is 6.62. The summed E-state index contributed by atoms with van der Waals surface area (Å²) < 4.78 is 0. The van der Waals surface area contributed by atoms with E-state index in [9.17, 15) is 9.59 Å². The number of amides is 2. The quantitative estimate of drug-likeness (QED) is 0.652. The molecule has 1 saturated heterocycles. The molecule has 1 N–H and O–H groups in total. The van der Waals surface area contributed by atoms with E-state index in [4.69, 9.17) is 5.11 Å². The van der Waals surface area contributed by atoms with Gasteiger partial charge in [0.15, 0.2) is 0 Å². The van der Waals surface area contributed by atoms with Gasteiger partial charge in [-0.05, 0) is 23.6 Å². The third-order valence-electron chi connectivity index (χ3n) is 3.25. The van der Waals surface area contributed by atoms with Crippen molar-refractivity contribution in [1.29, 1.82) is 0 Å². The predicted octanol–water partition coefficient (Wildman–Crippen LogP) is 1.32. The van der Waals surface area contributed by atoms with Crippen LogP contribution in [0, 0.1) is 17.8 Å². The van der Waals surface area contributed by atoms with Crippen LogP contribution in [0.1, 0.15) is 30.9 Å². The average Bonchev–Trinajstić information content (AvgIpc) is 2.42. The molecular formula is C16H17NO3. The van der Waals surface area contributed by atoms with Crippen LogP contribution in [0.2, 0.25) is 0 Å². The van der Waals surface area contributed by atoms with Crippen LogP contribution in [0.15, 0.2) is 24.3 Å². The molecule has 4 heteroatoms. The minimum Gasteiger partial charge on any atom is -0.384 e. The molecule has 2 amide bonds. The number of imide groups is 1. The molecule has 0 aliphatic carbocycles. The van der Waals surface area contributed by atoms with Crippen molar-refractivity contribution in [1.82, 2.24) is 4.90 Å². The molecule has 2 rings (SSSR count). The van der Waals surface area contributed by atoms with Gasteiger partial charge >= 0.3 is 0 Å². The molecule has 1 aliphatic heterocycles. The third kappa shape index (κ3) is 3.46. The summed E-state index contributed by atoms with van der Waals surface area (Å²) in [6.45, 7) is 2.07. The van der Waals surface area contributed by atoms with E-state index in [0.29, 0.717) is 19.4 Å². The summed E-state index contributed by atoms with van der Waals surface area (Å²) in [5.41, 5.74) is 1.70. The molecular weight excluding hydrogens is 254 g/mol. The minimum absolute atomic E-state index is 0.0992. The Bertz CT molecular complexity index is 548. The van der Waals surface area contributed by atoms with E-state index in [1.165, 1.54) is 4.90 Å². The summed E-state index contributed by atoms with van der Waals surface area (Å²) in [7, 11) is 0. The van der Waals surface area contributed by atoms with Gasteiger partial charge in [-0.25, -0.2) is 0 Å². The zero-order valence-corrected chi connectivity index (χ0v) is 11.4. The number of carbonyl (C=O) groups excluding carboxylic acids is 2. The molecule has 0 unspecified atom stereocenters. The standard InChI is InChI=1S/C16H17NO3/c1-12-9-15(19)17(16(20)10-12)11-14-6-4-13(5-7-14)3-2-8-18/h4-7,12,18H,8-11H2,1H3. The summed E-state index contributed by atoms with van der Waals surface area (Å²) in [6.07, 6.45) is 0.873. The SMILES string of the molecule is CC1CC(=O)N(Cc2ccc(C#CCO)cc2)C(=O)C1. The van der Waals surface area contributed by atoms with Gasteiger partial charge < -0.3 is 5.11 Å². The number of aliphatic hydroxyl groups excluding tert-OH is 1.